The molecule has 1 N–H and O–H groups in total. The summed E-state index contributed by atoms with van der Waals surface area (Å²) in [5.41, 5.74) is 1.47. The van der Waals surface area contributed by atoms with E-state index >= 15 is 0 Å². The quantitative estimate of drug-likeness (QED) is 0.421. The van der Waals surface area contributed by atoms with Crippen LogP contribution in [0.1, 0.15) is 18.5 Å². The molecule has 9 heteroatoms. The topological polar surface area (TPSA) is 90.1 Å². The Kier molecular flexibility index (Phi) is 6.38. The lowest BCUT2D eigenvalue weighted by molar-refractivity contribution is -0.390. The summed E-state index contributed by atoms with van der Waals surface area (Å²) in [6.07, 6.45) is 2.81. The van der Waals surface area contributed by atoms with E-state index in [1.807, 2.05) is 30.5 Å². The number of amides is 1. The lowest BCUT2D eigenvalue weighted by atomic mass is 10.2. The Morgan fingerprint density at radius 2 is 2.17 bits per heavy atom. The van der Waals surface area contributed by atoms with Gasteiger partial charge in [0.2, 0.25) is 5.91 Å². The van der Waals surface area contributed by atoms with Crippen molar-refractivity contribution in [3.63, 3.8) is 0 Å². The van der Waals surface area contributed by atoms with Crippen LogP contribution in [0.25, 0.3) is 0 Å². The van der Waals surface area contributed by atoms with Gasteiger partial charge in [0.25, 0.3) is 0 Å². The minimum Gasteiger partial charge on any atom is -0.358 e. The van der Waals surface area contributed by atoms with E-state index in [1.165, 1.54) is 0 Å². The number of carbonyl (C=O) groups excluding carboxylic acids is 1. The molecule has 0 aliphatic rings. The zero-order valence-electron chi connectivity index (χ0n) is 13.3. The van der Waals surface area contributed by atoms with Gasteiger partial charge in [-0.3, -0.25) is 4.79 Å². The Morgan fingerprint density at radius 1 is 1.46 bits per heavy atom. The van der Waals surface area contributed by atoms with Crippen LogP contribution in [0.15, 0.2) is 33.6 Å². The summed E-state index contributed by atoms with van der Waals surface area (Å²) in [5.74, 6) is -0.291. The number of nitrogens with zero attached hydrogens (tertiary/aromatic N) is 3. The van der Waals surface area contributed by atoms with Crippen molar-refractivity contribution >= 4 is 45.1 Å². The number of aromatic nitrogens is 2. The lowest BCUT2D eigenvalue weighted by Gasteiger charge is -2.09. The molecular formula is C15H17BrN4O3S. The van der Waals surface area contributed by atoms with Gasteiger partial charge in [-0.2, -0.15) is 4.68 Å². The van der Waals surface area contributed by atoms with Crippen molar-refractivity contribution in [1.29, 1.82) is 0 Å². The third-order valence-corrected chi connectivity index (χ3v) is 5.17. The smallest absolute Gasteiger partial charge is 0.358 e. The van der Waals surface area contributed by atoms with Gasteiger partial charge < -0.3 is 15.4 Å². The molecule has 128 valence electrons. The van der Waals surface area contributed by atoms with E-state index in [0.717, 1.165) is 10.6 Å². The number of aryl methyl sites for hydroxylation is 1. The number of hydrogen-bond donors (Lipinski definition) is 1. The zero-order valence-corrected chi connectivity index (χ0v) is 15.7. The maximum atomic E-state index is 12.1. The first-order valence-corrected chi connectivity index (χ1v) is 9.26. The van der Waals surface area contributed by atoms with Crippen LogP contribution in [0.5, 0.6) is 0 Å². The molecule has 2 aromatic rings. The molecule has 1 amide bonds. The number of rotatable bonds is 7. The van der Waals surface area contributed by atoms with Crippen LogP contribution in [0, 0.1) is 17.0 Å². The second-order valence-electron chi connectivity index (χ2n) is 5.06. The molecule has 0 atom stereocenters. The molecule has 1 heterocycles. The summed E-state index contributed by atoms with van der Waals surface area (Å²) in [6.45, 7) is 2.19. The molecule has 0 saturated heterocycles. The molecule has 0 bridgehead atoms. The van der Waals surface area contributed by atoms with Crippen molar-refractivity contribution in [2.75, 3.05) is 11.6 Å². The standard InChI is InChI=1S/C15H17BrN4O3S/c1-10-14(16)15(20(22)23)18-19(10)9-5-8-13(21)17-11-6-3-4-7-12(11)24-2/h3-4,6-7H,5,8-9H2,1-2H3,(H,17,21). The zero-order chi connectivity index (χ0) is 17.7. The first kappa shape index (κ1) is 18.5. The maximum absolute atomic E-state index is 12.1. The Labute approximate surface area is 152 Å². The highest BCUT2D eigenvalue weighted by Crippen LogP contribution is 2.27. The van der Waals surface area contributed by atoms with Gasteiger partial charge in [-0.25, -0.2) is 0 Å². The molecule has 0 aliphatic heterocycles. The first-order chi connectivity index (χ1) is 11.4. The summed E-state index contributed by atoms with van der Waals surface area (Å²) in [6, 6.07) is 7.61. The third-order valence-electron chi connectivity index (χ3n) is 3.44. The van der Waals surface area contributed by atoms with Crippen molar-refractivity contribution in [2.24, 2.45) is 0 Å². The fourth-order valence-electron chi connectivity index (χ4n) is 2.19. The molecule has 0 aliphatic carbocycles. The number of anilines is 1. The highest BCUT2D eigenvalue weighted by Gasteiger charge is 2.23. The van der Waals surface area contributed by atoms with Crippen molar-refractivity contribution in [2.45, 2.75) is 31.2 Å². The SMILES string of the molecule is CSc1ccccc1NC(=O)CCCn1nc([N+](=O)[O-])c(Br)c1C. The maximum Gasteiger partial charge on any atom is 0.404 e. The van der Waals surface area contributed by atoms with E-state index in [1.54, 1.807) is 23.4 Å². The fraction of sp³-hybridized carbons (Fsp3) is 0.333. The second kappa shape index (κ2) is 8.29. The predicted molar refractivity (Wildman–Crippen MR) is 97.4 cm³/mol. The number of halogens is 1. The number of thioether (sulfide) groups is 1. The normalized spacial score (nSPS) is 10.6. The number of carbonyl (C=O) groups is 1. The van der Waals surface area contributed by atoms with E-state index in [4.69, 9.17) is 0 Å². The highest BCUT2D eigenvalue weighted by molar-refractivity contribution is 9.10. The summed E-state index contributed by atoms with van der Waals surface area (Å²) >= 11 is 4.75. The Balaban J connectivity index is 1.91. The highest BCUT2D eigenvalue weighted by atomic mass is 79.9. The predicted octanol–water partition coefficient (Wildman–Crippen LogP) is 4.00. The average molecular weight is 413 g/mol. The minimum absolute atomic E-state index is 0.0881. The van der Waals surface area contributed by atoms with Gasteiger partial charge in [0.15, 0.2) is 0 Å². The minimum atomic E-state index is -0.528. The largest absolute Gasteiger partial charge is 0.404 e. The van der Waals surface area contributed by atoms with Gasteiger partial charge in [0.1, 0.15) is 4.47 Å². The van der Waals surface area contributed by atoms with Crippen LogP contribution in [0.2, 0.25) is 0 Å². The van der Waals surface area contributed by atoms with Gasteiger partial charge in [-0.15, -0.1) is 11.8 Å². The van der Waals surface area contributed by atoms with Gasteiger partial charge in [-0.05, 0) is 52.6 Å². The molecule has 1 aromatic carbocycles. The molecule has 0 radical (unpaired) electrons. The van der Waals surface area contributed by atoms with Crippen LogP contribution in [0.4, 0.5) is 11.5 Å². The summed E-state index contributed by atoms with van der Waals surface area (Å²) in [7, 11) is 0. The number of nitro groups is 1. The molecule has 1 aromatic heterocycles. The molecule has 7 nitrogen and oxygen atoms in total. The van der Waals surface area contributed by atoms with Crippen LogP contribution < -0.4 is 5.32 Å². The van der Waals surface area contributed by atoms with Crippen LogP contribution in [-0.4, -0.2) is 26.9 Å². The van der Waals surface area contributed by atoms with E-state index in [0.29, 0.717) is 29.6 Å². The van der Waals surface area contributed by atoms with Gasteiger partial charge >= 0.3 is 5.82 Å². The number of hydrogen-bond acceptors (Lipinski definition) is 5. The molecule has 0 spiro atoms. The van der Waals surface area contributed by atoms with Crippen LogP contribution >= 0.6 is 27.7 Å². The van der Waals surface area contributed by atoms with Crippen molar-refractivity contribution in [3.8, 4) is 0 Å². The van der Waals surface area contributed by atoms with E-state index < -0.39 is 4.92 Å². The van der Waals surface area contributed by atoms with E-state index in [-0.39, 0.29) is 11.7 Å². The molecule has 0 saturated carbocycles. The van der Waals surface area contributed by atoms with Crippen LogP contribution in [-0.2, 0) is 11.3 Å². The summed E-state index contributed by atoms with van der Waals surface area (Å²) in [4.78, 5) is 23.4. The molecule has 24 heavy (non-hydrogen) atoms. The van der Waals surface area contributed by atoms with Gasteiger partial charge in [0.05, 0.1) is 23.0 Å². The number of para-hydroxylation sites is 1. The molecule has 0 fully saturated rings. The van der Waals surface area contributed by atoms with Gasteiger partial charge in [-0.1, -0.05) is 12.1 Å². The average Bonchev–Trinajstić information content (AvgIpc) is 2.84. The summed E-state index contributed by atoms with van der Waals surface area (Å²) in [5, 5.41) is 17.7. The van der Waals surface area contributed by atoms with Crippen molar-refractivity contribution in [3.05, 3.63) is 44.5 Å². The Bertz CT molecular complexity index is 763. The van der Waals surface area contributed by atoms with Crippen molar-refractivity contribution in [1.82, 2.24) is 9.78 Å². The third kappa shape index (κ3) is 4.35. The van der Waals surface area contributed by atoms with E-state index in [9.17, 15) is 14.9 Å². The molecular weight excluding hydrogens is 396 g/mol. The fourth-order valence-corrected chi connectivity index (χ4v) is 3.18. The molecule has 0 unspecified atom stereocenters. The van der Waals surface area contributed by atoms with E-state index in [2.05, 4.69) is 26.3 Å². The Hall–Kier alpha value is -1.87. The molecule has 2 rings (SSSR count). The lowest BCUT2D eigenvalue weighted by Crippen LogP contribution is -2.13. The Morgan fingerprint density at radius 3 is 2.79 bits per heavy atom. The first-order valence-electron chi connectivity index (χ1n) is 7.24. The van der Waals surface area contributed by atoms with Crippen LogP contribution in [0.3, 0.4) is 0 Å². The number of nitrogens with one attached hydrogen (secondary N) is 1. The van der Waals surface area contributed by atoms with Crippen molar-refractivity contribution < 1.29 is 9.72 Å². The van der Waals surface area contributed by atoms with Gasteiger partial charge in [0, 0.05) is 11.3 Å². The number of benzene rings is 1. The summed E-state index contributed by atoms with van der Waals surface area (Å²) < 4.78 is 1.93. The second-order valence-corrected chi connectivity index (χ2v) is 6.70. The monoisotopic (exact) mass is 412 g/mol.